The van der Waals surface area contributed by atoms with Crippen LogP contribution in [0.15, 0.2) is 24.3 Å². The Morgan fingerprint density at radius 1 is 1.31 bits per heavy atom. The quantitative estimate of drug-likeness (QED) is 0.745. The lowest BCUT2D eigenvalue weighted by Crippen LogP contribution is -2.44. The Labute approximate surface area is 101 Å². The van der Waals surface area contributed by atoms with Crippen LogP contribution in [0.4, 0.5) is 5.69 Å². The first-order chi connectivity index (χ1) is 7.72. The van der Waals surface area contributed by atoms with Gasteiger partial charge in [-0.25, -0.2) is 0 Å². The Bertz CT molecular complexity index is 393. The van der Waals surface area contributed by atoms with Gasteiger partial charge >= 0.3 is 0 Å². The maximum atomic E-state index is 8.77. The largest absolute Gasteiger partial charge is 0.367 e. The van der Waals surface area contributed by atoms with Crippen molar-refractivity contribution in [3.8, 4) is 6.07 Å². The first-order valence-electron chi connectivity index (χ1n) is 5.61. The number of hydrogen-bond acceptors (Lipinski definition) is 3. The first kappa shape index (κ1) is 11.3. The molecule has 0 aliphatic carbocycles. The van der Waals surface area contributed by atoms with Crippen LogP contribution < -0.4 is 4.90 Å². The summed E-state index contributed by atoms with van der Waals surface area (Å²) in [5.41, 5.74) is 1.97. The summed E-state index contributed by atoms with van der Waals surface area (Å²) < 4.78 is 0. The molecule has 0 spiro atoms. The summed E-state index contributed by atoms with van der Waals surface area (Å²) in [5, 5.41) is 9.44. The molecule has 0 N–H and O–H groups in total. The number of anilines is 1. The van der Waals surface area contributed by atoms with E-state index < -0.39 is 0 Å². The molecule has 2 rings (SSSR count). The standard InChI is InChI=1S/C13H16N2S/c1-10-11(2)16-8-7-15(10)13-5-3-12(9-14)4-6-13/h3-6,10-11H,7-8H2,1-2H3. The highest BCUT2D eigenvalue weighted by Crippen LogP contribution is 2.28. The smallest absolute Gasteiger partial charge is 0.0991 e. The molecule has 0 amide bonds. The fourth-order valence-corrected chi connectivity index (χ4v) is 3.12. The van der Waals surface area contributed by atoms with Crippen LogP contribution in [0.2, 0.25) is 0 Å². The van der Waals surface area contributed by atoms with Crippen molar-refractivity contribution in [3.63, 3.8) is 0 Å². The average molecular weight is 232 g/mol. The van der Waals surface area contributed by atoms with Crippen LogP contribution in [-0.4, -0.2) is 23.6 Å². The van der Waals surface area contributed by atoms with Crippen molar-refractivity contribution in [2.75, 3.05) is 17.2 Å². The zero-order valence-corrected chi connectivity index (χ0v) is 10.5. The molecule has 1 heterocycles. The van der Waals surface area contributed by atoms with Crippen LogP contribution in [0.1, 0.15) is 19.4 Å². The molecule has 1 aromatic rings. The summed E-state index contributed by atoms with van der Waals surface area (Å²) in [6.45, 7) is 5.66. The Balaban J connectivity index is 2.19. The second kappa shape index (κ2) is 4.80. The molecule has 1 aromatic carbocycles. The minimum absolute atomic E-state index is 0.562. The van der Waals surface area contributed by atoms with Gasteiger partial charge in [0.1, 0.15) is 0 Å². The third kappa shape index (κ3) is 2.17. The molecule has 2 atom stereocenters. The Hall–Kier alpha value is -1.14. The van der Waals surface area contributed by atoms with Gasteiger partial charge in [-0.2, -0.15) is 17.0 Å². The molecule has 84 valence electrons. The molecule has 2 unspecified atom stereocenters. The van der Waals surface area contributed by atoms with Gasteiger partial charge in [-0.15, -0.1) is 0 Å². The van der Waals surface area contributed by atoms with Gasteiger partial charge in [-0.1, -0.05) is 6.92 Å². The summed E-state index contributed by atoms with van der Waals surface area (Å²) in [6, 6.07) is 10.6. The van der Waals surface area contributed by atoms with Gasteiger partial charge in [0.25, 0.3) is 0 Å². The molecule has 3 heteroatoms. The predicted octanol–water partition coefficient (Wildman–Crippen LogP) is 2.89. The molecule has 16 heavy (non-hydrogen) atoms. The van der Waals surface area contributed by atoms with Crippen molar-refractivity contribution in [3.05, 3.63) is 29.8 Å². The molecule has 1 saturated heterocycles. The maximum Gasteiger partial charge on any atom is 0.0991 e. The molecule has 1 fully saturated rings. The number of thioether (sulfide) groups is 1. The summed E-state index contributed by atoms with van der Waals surface area (Å²) in [6.07, 6.45) is 0. The highest BCUT2D eigenvalue weighted by Gasteiger charge is 2.25. The highest BCUT2D eigenvalue weighted by atomic mass is 32.2. The lowest BCUT2D eigenvalue weighted by Gasteiger charge is -2.39. The van der Waals surface area contributed by atoms with Crippen molar-refractivity contribution in [2.45, 2.75) is 25.1 Å². The van der Waals surface area contributed by atoms with Crippen LogP contribution in [0.25, 0.3) is 0 Å². The van der Waals surface area contributed by atoms with Crippen LogP contribution in [0, 0.1) is 11.3 Å². The minimum Gasteiger partial charge on any atom is -0.367 e. The third-order valence-electron chi connectivity index (χ3n) is 3.21. The minimum atomic E-state index is 0.562. The van der Waals surface area contributed by atoms with Gasteiger partial charge in [0.15, 0.2) is 0 Å². The second-order valence-corrected chi connectivity index (χ2v) is 5.65. The average Bonchev–Trinajstić information content (AvgIpc) is 2.33. The molecule has 1 aliphatic heterocycles. The van der Waals surface area contributed by atoms with E-state index >= 15 is 0 Å². The molecule has 1 aliphatic rings. The molecule has 0 aromatic heterocycles. The van der Waals surface area contributed by atoms with Crippen LogP contribution in [0.5, 0.6) is 0 Å². The van der Waals surface area contributed by atoms with Crippen molar-refractivity contribution >= 4 is 17.4 Å². The summed E-state index contributed by atoms with van der Waals surface area (Å²) in [4.78, 5) is 2.43. The lowest BCUT2D eigenvalue weighted by molar-refractivity contribution is 0.627. The van der Waals surface area contributed by atoms with Crippen molar-refractivity contribution in [2.24, 2.45) is 0 Å². The van der Waals surface area contributed by atoms with E-state index in [1.807, 2.05) is 23.9 Å². The van der Waals surface area contributed by atoms with Gasteiger partial charge in [0.2, 0.25) is 0 Å². The number of rotatable bonds is 1. The van der Waals surface area contributed by atoms with E-state index in [9.17, 15) is 0 Å². The molecule has 2 nitrogen and oxygen atoms in total. The molecule has 0 radical (unpaired) electrons. The van der Waals surface area contributed by atoms with Crippen LogP contribution in [-0.2, 0) is 0 Å². The van der Waals surface area contributed by atoms with Crippen molar-refractivity contribution in [1.82, 2.24) is 0 Å². The number of nitriles is 1. The zero-order valence-electron chi connectivity index (χ0n) is 9.68. The summed E-state index contributed by atoms with van der Waals surface area (Å²) >= 11 is 2.04. The second-order valence-electron chi connectivity index (χ2n) is 4.17. The molecular weight excluding hydrogens is 216 g/mol. The lowest BCUT2D eigenvalue weighted by atomic mass is 10.1. The van der Waals surface area contributed by atoms with E-state index in [-0.39, 0.29) is 0 Å². The SMILES string of the molecule is CC1SCCN(c2ccc(C#N)cc2)C1C. The Kier molecular flexibility index (Phi) is 3.40. The van der Waals surface area contributed by atoms with E-state index in [0.29, 0.717) is 11.3 Å². The van der Waals surface area contributed by atoms with E-state index in [1.54, 1.807) is 0 Å². The van der Waals surface area contributed by atoms with Gasteiger partial charge in [-0.3, -0.25) is 0 Å². The van der Waals surface area contributed by atoms with Crippen molar-refractivity contribution < 1.29 is 0 Å². The summed E-state index contributed by atoms with van der Waals surface area (Å²) in [5.74, 6) is 1.19. The fraction of sp³-hybridized carbons (Fsp3) is 0.462. The Morgan fingerprint density at radius 2 is 2.00 bits per heavy atom. The normalized spacial score (nSPS) is 25.2. The fourth-order valence-electron chi connectivity index (χ4n) is 2.02. The third-order valence-corrected chi connectivity index (χ3v) is 4.55. The van der Waals surface area contributed by atoms with E-state index in [1.165, 1.54) is 11.4 Å². The topological polar surface area (TPSA) is 27.0 Å². The van der Waals surface area contributed by atoms with Crippen LogP contribution in [0.3, 0.4) is 0 Å². The Morgan fingerprint density at radius 3 is 2.62 bits per heavy atom. The predicted molar refractivity (Wildman–Crippen MR) is 69.9 cm³/mol. The number of hydrogen-bond donors (Lipinski definition) is 0. The molecule has 0 bridgehead atoms. The van der Waals surface area contributed by atoms with Gasteiger partial charge < -0.3 is 4.90 Å². The number of nitrogens with zero attached hydrogens (tertiary/aromatic N) is 2. The van der Waals surface area contributed by atoms with E-state index in [4.69, 9.17) is 5.26 Å². The van der Waals surface area contributed by atoms with E-state index in [2.05, 4.69) is 36.9 Å². The number of benzene rings is 1. The van der Waals surface area contributed by atoms with Gasteiger partial charge in [0.05, 0.1) is 11.6 Å². The summed E-state index contributed by atoms with van der Waals surface area (Å²) in [7, 11) is 0. The highest BCUT2D eigenvalue weighted by molar-refractivity contribution is 8.00. The van der Waals surface area contributed by atoms with Crippen LogP contribution >= 0.6 is 11.8 Å². The van der Waals surface area contributed by atoms with E-state index in [0.717, 1.165) is 12.1 Å². The van der Waals surface area contributed by atoms with Crippen molar-refractivity contribution in [1.29, 1.82) is 5.26 Å². The first-order valence-corrected chi connectivity index (χ1v) is 6.65. The molecular formula is C13H16N2S. The monoisotopic (exact) mass is 232 g/mol. The van der Waals surface area contributed by atoms with Gasteiger partial charge in [0, 0.05) is 29.3 Å². The van der Waals surface area contributed by atoms with Gasteiger partial charge in [-0.05, 0) is 31.2 Å². The maximum absolute atomic E-state index is 8.77. The molecule has 0 saturated carbocycles. The zero-order chi connectivity index (χ0) is 11.5.